The van der Waals surface area contributed by atoms with Crippen molar-refractivity contribution in [2.75, 3.05) is 13.6 Å². The van der Waals surface area contributed by atoms with Gasteiger partial charge >= 0.3 is 0 Å². The van der Waals surface area contributed by atoms with Crippen LogP contribution in [0.1, 0.15) is 32.3 Å². The van der Waals surface area contributed by atoms with Gasteiger partial charge in [-0.3, -0.25) is 9.69 Å². The van der Waals surface area contributed by atoms with E-state index in [2.05, 4.69) is 12.2 Å². The predicted octanol–water partition coefficient (Wildman–Crippen LogP) is 2.56. The zero-order valence-electron chi connectivity index (χ0n) is 11.9. The van der Waals surface area contributed by atoms with Gasteiger partial charge in [0.05, 0.1) is 6.54 Å². The molecule has 0 saturated heterocycles. The van der Waals surface area contributed by atoms with E-state index in [4.69, 9.17) is 0 Å². The van der Waals surface area contributed by atoms with Gasteiger partial charge in [-0.15, -0.1) is 0 Å². The van der Waals surface area contributed by atoms with Crippen molar-refractivity contribution >= 4 is 5.91 Å². The Balaban J connectivity index is 2.41. The zero-order chi connectivity index (χ0) is 14.3. The van der Waals surface area contributed by atoms with E-state index in [0.29, 0.717) is 12.1 Å². The van der Waals surface area contributed by atoms with Crippen LogP contribution in [0.4, 0.5) is 4.39 Å². The van der Waals surface area contributed by atoms with Crippen LogP contribution < -0.4 is 5.32 Å². The number of likely N-dealkylation sites (N-methyl/N-ethyl adjacent to an activating group) is 1. The molecular formula is C15H23FN2O. The number of nitrogens with one attached hydrogen (secondary N) is 1. The van der Waals surface area contributed by atoms with Crippen molar-refractivity contribution in [1.82, 2.24) is 10.2 Å². The number of nitrogens with zero attached hydrogens (tertiary/aromatic N) is 1. The van der Waals surface area contributed by atoms with Gasteiger partial charge in [0.2, 0.25) is 5.91 Å². The number of hydrogen-bond acceptors (Lipinski definition) is 2. The molecule has 3 nitrogen and oxygen atoms in total. The molecule has 19 heavy (non-hydrogen) atoms. The van der Waals surface area contributed by atoms with Crippen LogP contribution in [0.15, 0.2) is 24.3 Å². The molecule has 0 aromatic heterocycles. The maximum absolute atomic E-state index is 13.5. The van der Waals surface area contributed by atoms with Crippen molar-refractivity contribution < 1.29 is 9.18 Å². The van der Waals surface area contributed by atoms with Gasteiger partial charge in [-0.05, 0) is 26.5 Å². The lowest BCUT2D eigenvalue weighted by molar-refractivity contribution is -0.122. The van der Waals surface area contributed by atoms with Crippen LogP contribution in [-0.2, 0) is 11.3 Å². The van der Waals surface area contributed by atoms with E-state index in [0.717, 1.165) is 12.8 Å². The lowest BCUT2D eigenvalue weighted by Crippen LogP contribution is -2.39. The summed E-state index contributed by atoms with van der Waals surface area (Å²) >= 11 is 0. The number of carbonyl (C=O) groups is 1. The van der Waals surface area contributed by atoms with Crippen LogP contribution in [0.2, 0.25) is 0 Å². The Morgan fingerprint density at radius 3 is 2.74 bits per heavy atom. The number of benzene rings is 1. The van der Waals surface area contributed by atoms with Crippen molar-refractivity contribution in [2.24, 2.45) is 0 Å². The average molecular weight is 266 g/mol. The standard InChI is InChI=1S/C15H23FN2O/c1-4-7-12(2)17-15(19)11-18(3)10-13-8-5-6-9-14(13)16/h5-6,8-9,12H,4,7,10-11H2,1-3H3,(H,17,19)/t12-/m1/s1. The third-order valence-electron chi connectivity index (χ3n) is 2.94. The summed E-state index contributed by atoms with van der Waals surface area (Å²) in [5, 5.41) is 2.94. The molecule has 106 valence electrons. The summed E-state index contributed by atoms with van der Waals surface area (Å²) in [7, 11) is 1.82. The maximum Gasteiger partial charge on any atom is 0.234 e. The molecule has 0 saturated carbocycles. The molecule has 1 N–H and O–H groups in total. The Bertz CT molecular complexity index is 409. The third kappa shape index (κ3) is 5.83. The highest BCUT2D eigenvalue weighted by molar-refractivity contribution is 5.78. The molecule has 1 atom stereocenters. The molecule has 0 spiro atoms. The van der Waals surface area contributed by atoms with Gasteiger partial charge in [0.1, 0.15) is 5.82 Å². The minimum atomic E-state index is -0.228. The molecule has 0 unspecified atom stereocenters. The minimum Gasteiger partial charge on any atom is -0.353 e. The summed E-state index contributed by atoms with van der Waals surface area (Å²) in [4.78, 5) is 13.6. The van der Waals surface area contributed by atoms with Crippen LogP contribution in [0.3, 0.4) is 0 Å². The molecule has 0 heterocycles. The quantitative estimate of drug-likeness (QED) is 0.822. The summed E-state index contributed by atoms with van der Waals surface area (Å²) in [6, 6.07) is 6.84. The van der Waals surface area contributed by atoms with Crippen LogP contribution in [0.25, 0.3) is 0 Å². The highest BCUT2D eigenvalue weighted by atomic mass is 19.1. The number of halogens is 1. The maximum atomic E-state index is 13.5. The molecule has 0 aliphatic carbocycles. The molecule has 0 bridgehead atoms. The molecule has 1 amide bonds. The molecule has 1 rings (SSSR count). The van der Waals surface area contributed by atoms with Crippen LogP contribution in [0.5, 0.6) is 0 Å². The van der Waals surface area contributed by atoms with Gasteiger partial charge in [-0.2, -0.15) is 0 Å². The normalized spacial score (nSPS) is 12.5. The van der Waals surface area contributed by atoms with E-state index in [9.17, 15) is 9.18 Å². The number of amides is 1. The smallest absolute Gasteiger partial charge is 0.234 e. The largest absolute Gasteiger partial charge is 0.353 e. The molecule has 0 aliphatic rings. The molecule has 0 fully saturated rings. The summed E-state index contributed by atoms with van der Waals surface area (Å²) in [6.45, 7) is 4.80. The molecular weight excluding hydrogens is 243 g/mol. The van der Waals surface area contributed by atoms with E-state index >= 15 is 0 Å². The van der Waals surface area contributed by atoms with Crippen molar-refractivity contribution in [3.63, 3.8) is 0 Å². The first-order chi connectivity index (χ1) is 9.02. The molecule has 4 heteroatoms. The van der Waals surface area contributed by atoms with E-state index in [1.165, 1.54) is 6.07 Å². The fourth-order valence-corrected chi connectivity index (χ4v) is 2.04. The van der Waals surface area contributed by atoms with Gasteiger partial charge < -0.3 is 5.32 Å². The van der Waals surface area contributed by atoms with Crippen molar-refractivity contribution in [1.29, 1.82) is 0 Å². The van der Waals surface area contributed by atoms with Crippen molar-refractivity contribution in [2.45, 2.75) is 39.3 Å². The van der Waals surface area contributed by atoms with Crippen LogP contribution >= 0.6 is 0 Å². The second-order valence-electron chi connectivity index (χ2n) is 5.02. The van der Waals surface area contributed by atoms with Gasteiger partial charge in [-0.25, -0.2) is 4.39 Å². The lowest BCUT2D eigenvalue weighted by atomic mass is 10.2. The van der Waals surface area contributed by atoms with E-state index in [-0.39, 0.29) is 24.3 Å². The Labute approximate surface area is 114 Å². The van der Waals surface area contributed by atoms with Gasteiger partial charge in [0.25, 0.3) is 0 Å². The molecule has 1 aromatic rings. The minimum absolute atomic E-state index is 0.0141. The Morgan fingerprint density at radius 1 is 1.42 bits per heavy atom. The van der Waals surface area contributed by atoms with Crippen LogP contribution in [-0.4, -0.2) is 30.4 Å². The molecule has 0 aliphatic heterocycles. The Hall–Kier alpha value is -1.42. The number of carbonyl (C=O) groups excluding carboxylic acids is 1. The summed E-state index contributed by atoms with van der Waals surface area (Å²) in [6.07, 6.45) is 2.02. The molecule has 0 radical (unpaired) electrons. The first-order valence-electron chi connectivity index (χ1n) is 6.74. The fourth-order valence-electron chi connectivity index (χ4n) is 2.04. The van der Waals surface area contributed by atoms with Crippen molar-refractivity contribution in [3.8, 4) is 0 Å². The summed E-state index contributed by atoms with van der Waals surface area (Å²) in [5.74, 6) is -0.242. The first kappa shape index (κ1) is 15.6. The van der Waals surface area contributed by atoms with Crippen molar-refractivity contribution in [3.05, 3.63) is 35.6 Å². The zero-order valence-corrected chi connectivity index (χ0v) is 11.9. The highest BCUT2D eigenvalue weighted by Gasteiger charge is 2.11. The first-order valence-corrected chi connectivity index (χ1v) is 6.74. The SMILES string of the molecule is CCC[C@@H](C)NC(=O)CN(C)Cc1ccccc1F. The molecule has 1 aromatic carbocycles. The van der Waals surface area contributed by atoms with Gasteiger partial charge in [0.15, 0.2) is 0 Å². The van der Waals surface area contributed by atoms with Crippen LogP contribution in [0, 0.1) is 5.82 Å². The van der Waals surface area contributed by atoms with Gasteiger partial charge in [-0.1, -0.05) is 31.5 Å². The predicted molar refractivity (Wildman–Crippen MR) is 75.2 cm³/mol. The third-order valence-corrected chi connectivity index (χ3v) is 2.94. The highest BCUT2D eigenvalue weighted by Crippen LogP contribution is 2.08. The summed E-state index contributed by atoms with van der Waals surface area (Å²) in [5.41, 5.74) is 0.611. The second-order valence-corrected chi connectivity index (χ2v) is 5.02. The van der Waals surface area contributed by atoms with Gasteiger partial charge in [0, 0.05) is 18.2 Å². The Kier molecular flexibility index (Phi) is 6.50. The lowest BCUT2D eigenvalue weighted by Gasteiger charge is -2.19. The number of hydrogen-bond donors (Lipinski definition) is 1. The average Bonchev–Trinajstić information content (AvgIpc) is 2.31. The topological polar surface area (TPSA) is 32.3 Å². The van der Waals surface area contributed by atoms with E-state index in [1.807, 2.05) is 18.9 Å². The van der Waals surface area contributed by atoms with E-state index in [1.54, 1.807) is 18.2 Å². The fraction of sp³-hybridized carbons (Fsp3) is 0.533. The monoisotopic (exact) mass is 266 g/mol. The number of rotatable bonds is 7. The Morgan fingerprint density at radius 2 is 2.11 bits per heavy atom. The second kappa shape index (κ2) is 7.89. The summed E-state index contributed by atoms with van der Waals surface area (Å²) < 4.78 is 13.5. The van der Waals surface area contributed by atoms with E-state index < -0.39 is 0 Å².